The number of aliphatic hydroxyl groups excluding tert-OH is 4. The maximum Gasteiger partial charge on any atom is 0.331 e. The maximum atomic E-state index is 14.1. The molecule has 4 aromatic rings. The largest absolute Gasteiger partial charge is 0.493 e. The highest BCUT2D eigenvalue weighted by molar-refractivity contribution is 5.90. The number of hydrogen-bond acceptors (Lipinski definition) is 27. The Hall–Kier alpha value is -9.48. The fourth-order valence-electron chi connectivity index (χ4n) is 8.49. The van der Waals surface area contributed by atoms with Crippen LogP contribution in [0.5, 0.6) is 46.0 Å². The van der Waals surface area contributed by atoms with Crippen molar-refractivity contribution < 1.29 is 130 Å². The number of rotatable bonds is 25. The smallest absolute Gasteiger partial charge is 0.331 e. The molecule has 27 heteroatoms. The molecule has 9 atom stereocenters. The molecule has 4 aromatic carbocycles. The van der Waals surface area contributed by atoms with Crippen molar-refractivity contribution in [3.8, 4) is 46.0 Å². The van der Waals surface area contributed by atoms with Gasteiger partial charge in [0.05, 0.1) is 35.0 Å². The molecular formula is C60H62O27. The van der Waals surface area contributed by atoms with Crippen molar-refractivity contribution in [3.05, 3.63) is 119 Å². The van der Waals surface area contributed by atoms with E-state index in [2.05, 4.69) is 0 Å². The summed E-state index contributed by atoms with van der Waals surface area (Å²) >= 11 is 0. The predicted octanol–water partition coefficient (Wildman–Crippen LogP) is 3.40. The van der Waals surface area contributed by atoms with Crippen molar-refractivity contribution in [1.82, 2.24) is 0 Å². The molecule has 0 amide bonds. The number of hydrogen-bond donors (Lipinski definition) is 4. The van der Waals surface area contributed by atoms with Gasteiger partial charge in [0.2, 0.25) is 5.79 Å². The lowest BCUT2D eigenvalue weighted by molar-refractivity contribution is -0.383. The molecule has 2 heterocycles. The second kappa shape index (κ2) is 31.1. The summed E-state index contributed by atoms with van der Waals surface area (Å²) in [7, 11) is 5.25. The van der Waals surface area contributed by atoms with Crippen LogP contribution in [0.25, 0.3) is 24.3 Å². The second-order valence-corrected chi connectivity index (χ2v) is 18.6. The SMILES string of the molecule is COc1cc(/C=C/C(=O)OC[C@H]2O[C@@](CO)(O[C@H]3O[C@H](CO)[C@@H](O)[C@H](OC(=O)/C=C/c4ccc(OC(C)=O)c(OC)c4)[C@H]3O)[C@@H](OC(=O)/C=C/c3ccc(OC(C)=O)c(OC)c3)[C@@H]2OC(=O)/C=C/c2ccc(OC(C)=O)c(OC)c2)ccc1OC(C)=O. The van der Waals surface area contributed by atoms with E-state index in [4.69, 9.17) is 71.1 Å². The minimum Gasteiger partial charge on any atom is -0.493 e. The number of carbonyl (C=O) groups excluding carboxylic acids is 8. The molecule has 2 fully saturated rings. The summed E-state index contributed by atoms with van der Waals surface area (Å²) in [6, 6.07) is 17.1. The number of benzene rings is 4. The first kappa shape index (κ1) is 66.7. The van der Waals surface area contributed by atoms with Gasteiger partial charge >= 0.3 is 47.8 Å². The molecule has 0 aliphatic carbocycles. The maximum absolute atomic E-state index is 14.1. The number of ether oxygens (including phenoxy) is 15. The number of carbonyl (C=O) groups is 8. The lowest BCUT2D eigenvalue weighted by atomic mass is 9.98. The predicted molar refractivity (Wildman–Crippen MR) is 297 cm³/mol. The Labute approximate surface area is 496 Å². The van der Waals surface area contributed by atoms with Crippen LogP contribution in [0.3, 0.4) is 0 Å². The van der Waals surface area contributed by atoms with Gasteiger partial charge in [0.1, 0.15) is 37.6 Å². The number of esters is 8. The second-order valence-electron chi connectivity index (χ2n) is 18.6. The highest BCUT2D eigenvalue weighted by atomic mass is 16.8. The molecule has 27 nitrogen and oxygen atoms in total. The summed E-state index contributed by atoms with van der Waals surface area (Å²) < 4.78 is 83.0. The van der Waals surface area contributed by atoms with Crippen molar-refractivity contribution in [2.45, 2.75) is 82.5 Å². The Balaban J connectivity index is 1.38. The van der Waals surface area contributed by atoms with E-state index in [-0.39, 0.29) is 51.6 Å². The third-order valence-corrected chi connectivity index (χ3v) is 12.4. The molecule has 2 saturated heterocycles. The van der Waals surface area contributed by atoms with Crippen molar-refractivity contribution in [2.24, 2.45) is 0 Å². The first-order valence-electron chi connectivity index (χ1n) is 26.1. The summed E-state index contributed by atoms with van der Waals surface area (Å²) in [6.45, 7) is 1.48. The van der Waals surface area contributed by atoms with Crippen LogP contribution in [-0.2, 0) is 71.5 Å². The van der Waals surface area contributed by atoms with Crippen molar-refractivity contribution in [2.75, 3.05) is 48.3 Å². The Morgan fingerprint density at radius 2 is 0.828 bits per heavy atom. The molecule has 87 heavy (non-hydrogen) atoms. The Kier molecular flexibility index (Phi) is 23.8. The third-order valence-electron chi connectivity index (χ3n) is 12.4. The van der Waals surface area contributed by atoms with Crippen LogP contribution in [0.2, 0.25) is 0 Å². The molecule has 2 aliphatic rings. The van der Waals surface area contributed by atoms with Crippen LogP contribution >= 0.6 is 0 Å². The van der Waals surface area contributed by atoms with Gasteiger partial charge in [0.15, 0.2) is 70.6 Å². The fourth-order valence-corrected chi connectivity index (χ4v) is 8.49. The zero-order valence-corrected chi connectivity index (χ0v) is 48.0. The average molecular weight is 1220 g/mol. The first-order chi connectivity index (χ1) is 41.5. The van der Waals surface area contributed by atoms with Crippen molar-refractivity contribution in [1.29, 1.82) is 0 Å². The third kappa shape index (κ3) is 18.3. The van der Waals surface area contributed by atoms with Gasteiger partial charge in [-0.05, 0) is 95.1 Å². The van der Waals surface area contributed by atoms with E-state index in [1.54, 1.807) is 0 Å². The van der Waals surface area contributed by atoms with Gasteiger partial charge in [0.25, 0.3) is 0 Å². The monoisotopic (exact) mass is 1210 g/mol. The lowest BCUT2D eigenvalue weighted by Gasteiger charge is -2.44. The van der Waals surface area contributed by atoms with E-state index in [0.29, 0.717) is 16.7 Å². The Bertz CT molecular complexity index is 3290. The van der Waals surface area contributed by atoms with Crippen LogP contribution in [0.1, 0.15) is 49.9 Å². The summed E-state index contributed by atoms with van der Waals surface area (Å²) in [5.41, 5.74) is 1.30. The molecule has 0 aromatic heterocycles. The minimum absolute atomic E-state index is 0.0499. The minimum atomic E-state index is -2.85. The molecule has 6 rings (SSSR count). The topological polar surface area (TPSA) is 356 Å². The first-order valence-corrected chi connectivity index (χ1v) is 26.1. The van der Waals surface area contributed by atoms with Crippen LogP contribution in [0, 0.1) is 0 Å². The van der Waals surface area contributed by atoms with E-state index in [9.17, 15) is 58.8 Å². The molecular weight excluding hydrogens is 1150 g/mol. The van der Waals surface area contributed by atoms with Gasteiger partial charge in [-0.2, -0.15) is 0 Å². The van der Waals surface area contributed by atoms with Crippen LogP contribution < -0.4 is 37.9 Å². The Morgan fingerprint density at radius 1 is 0.471 bits per heavy atom. The zero-order valence-electron chi connectivity index (χ0n) is 48.0. The summed E-state index contributed by atoms with van der Waals surface area (Å²) in [5.74, 6) is -9.28. The number of methoxy groups -OCH3 is 4. The lowest BCUT2D eigenvalue weighted by Crippen LogP contribution is -2.64. The summed E-state index contributed by atoms with van der Waals surface area (Å²) in [4.78, 5) is 102. The molecule has 0 unspecified atom stereocenters. The van der Waals surface area contributed by atoms with Crippen molar-refractivity contribution in [3.63, 3.8) is 0 Å². The summed E-state index contributed by atoms with van der Waals surface area (Å²) in [5, 5.41) is 45.0. The van der Waals surface area contributed by atoms with Crippen LogP contribution in [-0.4, -0.2) is 171 Å². The van der Waals surface area contributed by atoms with E-state index >= 15 is 0 Å². The molecule has 0 bridgehead atoms. The summed E-state index contributed by atoms with van der Waals surface area (Å²) in [6.07, 6.45) is -7.27. The number of aliphatic hydroxyl groups is 4. The van der Waals surface area contributed by atoms with Gasteiger partial charge in [0, 0.05) is 52.0 Å². The van der Waals surface area contributed by atoms with E-state index < -0.39 is 122 Å². The van der Waals surface area contributed by atoms with Gasteiger partial charge in [-0.15, -0.1) is 0 Å². The van der Waals surface area contributed by atoms with Gasteiger partial charge in [-0.1, -0.05) is 24.3 Å². The quantitative estimate of drug-likeness (QED) is 0.0320. The highest BCUT2D eigenvalue weighted by Gasteiger charge is 2.63. The molecule has 0 saturated carbocycles. The average Bonchev–Trinajstić information content (AvgIpc) is 1.75. The molecule has 0 radical (unpaired) electrons. The van der Waals surface area contributed by atoms with Crippen molar-refractivity contribution >= 4 is 72.1 Å². The molecule has 4 N–H and O–H groups in total. The van der Waals surface area contributed by atoms with Gasteiger partial charge in [-0.25, -0.2) is 19.2 Å². The van der Waals surface area contributed by atoms with E-state index in [1.807, 2.05) is 0 Å². The Morgan fingerprint density at radius 3 is 1.17 bits per heavy atom. The molecule has 0 spiro atoms. The van der Waals surface area contributed by atoms with E-state index in [0.717, 1.165) is 24.3 Å². The standard InChI is InChI=1S/C60H62O27/c1-32(63)78-40-17-9-36(25-44(40)73-5)13-21-50(67)77-30-49-56(83-51(68)22-14-37-10-18-41(79-33(2)64)45(26-37)74-6)58(85-53(70)24-16-39-12-20-43(81-35(4)66)47(28-39)76-8)60(31-62,86-49)87-59-55(72)57(54(71)48(29-61)82-59)84-52(69)23-15-38-11-19-42(80-34(3)65)46(27-38)75-7/h9-28,48-49,54-59,61-62,71-72H,29-31H2,1-8H3/b21-13+,22-14+,23-15+,24-16+/t48-,49-,54-,55-,56-,57+,58+,59-,60+/m1/s1. The highest BCUT2D eigenvalue weighted by Crippen LogP contribution is 2.41. The fraction of sp³-hybridized carbons (Fsp3) is 0.333. The zero-order chi connectivity index (χ0) is 63.5. The van der Waals surface area contributed by atoms with Gasteiger partial charge in [-0.3, -0.25) is 19.2 Å². The molecule has 464 valence electrons. The van der Waals surface area contributed by atoms with Gasteiger partial charge < -0.3 is 91.5 Å². The normalized spacial score (nSPS) is 21.7. The van der Waals surface area contributed by atoms with Crippen LogP contribution in [0.15, 0.2) is 97.1 Å². The van der Waals surface area contributed by atoms with Crippen LogP contribution in [0.4, 0.5) is 0 Å². The van der Waals surface area contributed by atoms with E-state index in [1.165, 1.54) is 153 Å². The molecule has 2 aliphatic heterocycles.